The van der Waals surface area contributed by atoms with E-state index in [0.717, 1.165) is 12.8 Å². The Labute approximate surface area is 101 Å². The maximum atomic E-state index is 11.0. The van der Waals surface area contributed by atoms with Crippen LogP contribution in [0.2, 0.25) is 0 Å². The Hall–Kier alpha value is -1.35. The highest BCUT2D eigenvalue weighted by molar-refractivity contribution is 5.88. The monoisotopic (exact) mass is 231 g/mol. The second kappa shape index (κ2) is 4.15. The van der Waals surface area contributed by atoms with Crippen LogP contribution in [-0.4, -0.2) is 17.1 Å². The summed E-state index contributed by atoms with van der Waals surface area (Å²) in [5.41, 5.74) is 2.93. The molecule has 3 rings (SSSR count). The van der Waals surface area contributed by atoms with Crippen molar-refractivity contribution >= 4 is 5.97 Å². The summed E-state index contributed by atoms with van der Waals surface area (Å²) in [6.45, 7) is 0. The minimum Gasteiger partial charge on any atom is -0.478 e. The van der Waals surface area contributed by atoms with E-state index >= 15 is 0 Å². The molecule has 90 valence electrons. The van der Waals surface area contributed by atoms with Crippen molar-refractivity contribution in [2.75, 3.05) is 0 Å². The summed E-state index contributed by atoms with van der Waals surface area (Å²) in [5.74, 6) is -0.831. The molecule has 1 unspecified atom stereocenters. The van der Waals surface area contributed by atoms with Crippen molar-refractivity contribution in [1.82, 2.24) is 5.32 Å². The topological polar surface area (TPSA) is 49.3 Å². The number of nitrogens with one attached hydrogen (secondary N) is 1. The zero-order valence-electron chi connectivity index (χ0n) is 9.78. The molecule has 0 spiro atoms. The van der Waals surface area contributed by atoms with Crippen LogP contribution < -0.4 is 5.32 Å². The van der Waals surface area contributed by atoms with Crippen LogP contribution in [0.1, 0.15) is 53.2 Å². The van der Waals surface area contributed by atoms with Crippen LogP contribution in [0.4, 0.5) is 0 Å². The highest BCUT2D eigenvalue weighted by atomic mass is 16.4. The van der Waals surface area contributed by atoms with Crippen molar-refractivity contribution in [3.05, 3.63) is 34.9 Å². The van der Waals surface area contributed by atoms with Crippen LogP contribution in [0, 0.1) is 0 Å². The number of carboxylic acids is 1. The van der Waals surface area contributed by atoms with Crippen LogP contribution >= 0.6 is 0 Å². The van der Waals surface area contributed by atoms with E-state index in [9.17, 15) is 4.79 Å². The second-order valence-electron chi connectivity index (χ2n) is 5.10. The number of aromatic carboxylic acids is 1. The average molecular weight is 231 g/mol. The largest absolute Gasteiger partial charge is 0.478 e. The Morgan fingerprint density at radius 1 is 1.29 bits per heavy atom. The first-order valence-electron chi connectivity index (χ1n) is 6.36. The Balaban J connectivity index is 1.83. The van der Waals surface area contributed by atoms with E-state index in [-0.39, 0.29) is 0 Å². The standard InChI is InChI=1S/C14H17NO2/c16-14(17)10-5-4-9-6-7-13(12(9)8-10)15-11-2-1-3-11/h4-5,8,11,13,15H,1-3,6-7H2,(H,16,17). The van der Waals surface area contributed by atoms with Crippen LogP contribution in [-0.2, 0) is 6.42 Å². The molecule has 0 saturated heterocycles. The smallest absolute Gasteiger partial charge is 0.335 e. The number of carboxylic acid groups (broad SMARTS) is 1. The minimum absolute atomic E-state index is 0.370. The van der Waals surface area contributed by atoms with Gasteiger partial charge in [0.05, 0.1) is 5.56 Å². The van der Waals surface area contributed by atoms with Gasteiger partial charge in [-0.3, -0.25) is 0 Å². The zero-order valence-corrected chi connectivity index (χ0v) is 9.78. The number of rotatable bonds is 3. The van der Waals surface area contributed by atoms with Gasteiger partial charge in [0.1, 0.15) is 0 Å². The van der Waals surface area contributed by atoms with Crippen molar-refractivity contribution in [1.29, 1.82) is 0 Å². The van der Waals surface area contributed by atoms with Gasteiger partial charge in [-0.15, -0.1) is 0 Å². The number of fused-ring (bicyclic) bond motifs is 1. The predicted octanol–water partition coefficient (Wildman–Crippen LogP) is 2.51. The van der Waals surface area contributed by atoms with Gasteiger partial charge < -0.3 is 10.4 Å². The number of hydrogen-bond donors (Lipinski definition) is 2. The summed E-state index contributed by atoms with van der Waals surface area (Å²) in [6, 6.07) is 6.56. The number of benzene rings is 1. The van der Waals surface area contributed by atoms with E-state index in [0.29, 0.717) is 17.6 Å². The first-order valence-corrected chi connectivity index (χ1v) is 6.36. The molecule has 0 aromatic heterocycles. The minimum atomic E-state index is -0.831. The van der Waals surface area contributed by atoms with Gasteiger partial charge in [-0.2, -0.15) is 0 Å². The molecule has 0 radical (unpaired) electrons. The molecule has 0 heterocycles. The fourth-order valence-electron chi connectivity index (χ4n) is 2.77. The molecule has 1 fully saturated rings. The van der Waals surface area contributed by atoms with E-state index in [2.05, 4.69) is 5.32 Å². The van der Waals surface area contributed by atoms with Crippen molar-refractivity contribution in [3.8, 4) is 0 Å². The van der Waals surface area contributed by atoms with E-state index in [4.69, 9.17) is 5.11 Å². The van der Waals surface area contributed by atoms with Crippen molar-refractivity contribution in [2.45, 2.75) is 44.2 Å². The first-order chi connectivity index (χ1) is 8.24. The van der Waals surface area contributed by atoms with Gasteiger partial charge >= 0.3 is 5.97 Å². The first kappa shape index (κ1) is 10.8. The Kier molecular flexibility index (Phi) is 2.63. The molecule has 2 N–H and O–H groups in total. The van der Waals surface area contributed by atoms with Gasteiger partial charge in [0.15, 0.2) is 0 Å². The summed E-state index contributed by atoms with van der Waals surface area (Å²) in [5, 5.41) is 12.7. The molecular weight excluding hydrogens is 214 g/mol. The van der Waals surface area contributed by atoms with E-state index in [1.54, 1.807) is 6.07 Å². The lowest BCUT2D eigenvalue weighted by molar-refractivity contribution is 0.0696. The maximum absolute atomic E-state index is 11.0. The number of carbonyl (C=O) groups is 1. The van der Waals surface area contributed by atoms with Gasteiger partial charge in [0, 0.05) is 12.1 Å². The quantitative estimate of drug-likeness (QED) is 0.840. The highest BCUT2D eigenvalue weighted by Gasteiger charge is 2.27. The number of aryl methyl sites for hydroxylation is 1. The van der Waals surface area contributed by atoms with Gasteiger partial charge in [-0.1, -0.05) is 12.5 Å². The summed E-state index contributed by atoms with van der Waals surface area (Å²) in [4.78, 5) is 11.0. The molecule has 0 aliphatic heterocycles. The van der Waals surface area contributed by atoms with Gasteiger partial charge in [0.25, 0.3) is 0 Å². The molecule has 3 nitrogen and oxygen atoms in total. The van der Waals surface area contributed by atoms with Gasteiger partial charge in [-0.25, -0.2) is 4.79 Å². The van der Waals surface area contributed by atoms with E-state index in [1.165, 1.54) is 30.4 Å². The SMILES string of the molecule is O=C(O)c1ccc2c(c1)C(NC1CCC1)CC2. The Morgan fingerprint density at radius 3 is 2.76 bits per heavy atom. The molecule has 1 atom stereocenters. The number of hydrogen-bond acceptors (Lipinski definition) is 2. The van der Waals surface area contributed by atoms with E-state index < -0.39 is 5.97 Å². The molecule has 3 heteroatoms. The molecule has 17 heavy (non-hydrogen) atoms. The Bertz CT molecular complexity index is 452. The molecule has 1 aromatic rings. The molecule has 1 aromatic carbocycles. The summed E-state index contributed by atoms with van der Waals surface area (Å²) >= 11 is 0. The summed E-state index contributed by atoms with van der Waals surface area (Å²) in [6.07, 6.45) is 6.04. The van der Waals surface area contributed by atoms with Crippen molar-refractivity contribution in [2.24, 2.45) is 0 Å². The maximum Gasteiger partial charge on any atom is 0.335 e. The normalized spacial score (nSPS) is 23.2. The molecule has 0 amide bonds. The second-order valence-corrected chi connectivity index (χ2v) is 5.10. The lowest BCUT2D eigenvalue weighted by Gasteiger charge is -2.30. The molecule has 1 saturated carbocycles. The third-order valence-electron chi connectivity index (χ3n) is 4.01. The lowest BCUT2D eigenvalue weighted by Crippen LogP contribution is -2.37. The average Bonchev–Trinajstić information content (AvgIpc) is 2.65. The Morgan fingerprint density at radius 2 is 2.12 bits per heavy atom. The molecule has 2 aliphatic rings. The zero-order chi connectivity index (χ0) is 11.8. The lowest BCUT2D eigenvalue weighted by atomic mass is 9.91. The molecule has 0 bridgehead atoms. The van der Waals surface area contributed by atoms with Crippen LogP contribution in [0.3, 0.4) is 0 Å². The predicted molar refractivity (Wildman–Crippen MR) is 65.2 cm³/mol. The summed E-state index contributed by atoms with van der Waals surface area (Å²) in [7, 11) is 0. The van der Waals surface area contributed by atoms with Gasteiger partial charge in [0.2, 0.25) is 0 Å². The third-order valence-corrected chi connectivity index (χ3v) is 4.01. The fourth-order valence-corrected chi connectivity index (χ4v) is 2.77. The summed E-state index contributed by atoms with van der Waals surface area (Å²) < 4.78 is 0. The molecular formula is C14H17NO2. The third kappa shape index (κ3) is 1.95. The van der Waals surface area contributed by atoms with Crippen molar-refractivity contribution < 1.29 is 9.90 Å². The van der Waals surface area contributed by atoms with Crippen LogP contribution in [0.25, 0.3) is 0 Å². The van der Waals surface area contributed by atoms with Crippen molar-refractivity contribution in [3.63, 3.8) is 0 Å². The van der Waals surface area contributed by atoms with Gasteiger partial charge in [-0.05, 0) is 48.9 Å². The molecule has 2 aliphatic carbocycles. The fraction of sp³-hybridized carbons (Fsp3) is 0.500. The highest BCUT2D eigenvalue weighted by Crippen LogP contribution is 2.34. The van der Waals surface area contributed by atoms with Crippen LogP contribution in [0.15, 0.2) is 18.2 Å². The van der Waals surface area contributed by atoms with E-state index in [1.807, 2.05) is 12.1 Å². The van der Waals surface area contributed by atoms with Crippen LogP contribution in [0.5, 0.6) is 0 Å².